The number of carbonyl (C=O) groups is 2. The van der Waals surface area contributed by atoms with Crippen LogP contribution in [-0.2, 0) is 20.9 Å². The molecule has 0 radical (unpaired) electrons. The maximum atomic E-state index is 12.4. The molecule has 0 fully saturated rings. The minimum Gasteiger partial charge on any atom is -0.493 e. The average Bonchev–Trinajstić information content (AvgIpc) is 3.22. The zero-order valence-electron chi connectivity index (χ0n) is 15.6. The molecule has 7 heteroatoms. The molecule has 0 atom stereocenters. The molecule has 0 unspecified atom stereocenters. The third-order valence-electron chi connectivity index (χ3n) is 3.82. The van der Waals surface area contributed by atoms with Gasteiger partial charge in [0.1, 0.15) is 0 Å². The lowest BCUT2D eigenvalue weighted by atomic mass is 10.2. The molecule has 0 spiro atoms. The number of carbonyl (C=O) groups excluding carboxylic acids is 2. The third kappa shape index (κ3) is 6.14. The molecule has 0 aliphatic carbocycles. The highest BCUT2D eigenvalue weighted by Gasteiger charge is 2.15. The first-order valence-electron chi connectivity index (χ1n) is 8.44. The van der Waals surface area contributed by atoms with E-state index in [2.05, 4.69) is 0 Å². The largest absolute Gasteiger partial charge is 0.493 e. The zero-order chi connectivity index (χ0) is 19.6. The van der Waals surface area contributed by atoms with Crippen molar-refractivity contribution in [3.8, 4) is 11.5 Å². The number of methoxy groups -OCH3 is 2. The Bertz CT molecular complexity index is 786. The highest BCUT2D eigenvalue weighted by atomic mass is 32.1. The van der Waals surface area contributed by atoms with Crippen molar-refractivity contribution < 1.29 is 23.8 Å². The lowest BCUT2D eigenvalue weighted by molar-refractivity contribution is -0.148. The van der Waals surface area contributed by atoms with E-state index in [1.54, 1.807) is 31.3 Å². The van der Waals surface area contributed by atoms with Gasteiger partial charge in [0.15, 0.2) is 18.1 Å². The van der Waals surface area contributed by atoms with Crippen molar-refractivity contribution in [1.82, 2.24) is 4.90 Å². The van der Waals surface area contributed by atoms with Crippen LogP contribution in [0.25, 0.3) is 6.08 Å². The highest BCUT2D eigenvalue weighted by molar-refractivity contribution is 7.10. The lowest BCUT2D eigenvalue weighted by Crippen LogP contribution is -2.34. The molecular weight excluding hydrogens is 366 g/mol. The standard InChI is InChI=1S/C20H23NO5S/c1-4-21(13-15-7-9-17(24-2)18(12-15)25-3)19(22)14-26-20(23)10-8-16-6-5-11-27-16/h5-12H,4,13-14H2,1-3H3/b10-8+. The summed E-state index contributed by atoms with van der Waals surface area (Å²) < 4.78 is 15.5. The van der Waals surface area contributed by atoms with E-state index in [1.807, 2.05) is 36.6 Å². The number of rotatable bonds is 9. The minimum absolute atomic E-state index is 0.259. The second-order valence-electron chi connectivity index (χ2n) is 5.55. The van der Waals surface area contributed by atoms with Gasteiger partial charge in [0.05, 0.1) is 14.2 Å². The van der Waals surface area contributed by atoms with E-state index in [1.165, 1.54) is 17.4 Å². The zero-order valence-corrected chi connectivity index (χ0v) is 16.5. The number of thiophene rings is 1. The number of likely N-dealkylation sites (N-methyl/N-ethyl adjacent to an activating group) is 1. The molecule has 27 heavy (non-hydrogen) atoms. The average molecular weight is 389 g/mol. The van der Waals surface area contributed by atoms with Crippen LogP contribution in [0.2, 0.25) is 0 Å². The minimum atomic E-state index is -0.543. The van der Waals surface area contributed by atoms with Gasteiger partial charge in [-0.1, -0.05) is 12.1 Å². The molecule has 1 amide bonds. The summed E-state index contributed by atoms with van der Waals surface area (Å²) in [7, 11) is 3.13. The predicted molar refractivity (Wildman–Crippen MR) is 105 cm³/mol. The van der Waals surface area contributed by atoms with E-state index in [-0.39, 0.29) is 12.5 Å². The van der Waals surface area contributed by atoms with Crippen LogP contribution in [0, 0.1) is 0 Å². The van der Waals surface area contributed by atoms with Crippen LogP contribution >= 0.6 is 11.3 Å². The molecule has 0 saturated heterocycles. The Morgan fingerprint density at radius 3 is 2.56 bits per heavy atom. The summed E-state index contributed by atoms with van der Waals surface area (Å²) in [5.74, 6) is 0.426. The van der Waals surface area contributed by atoms with Gasteiger partial charge in [-0.15, -0.1) is 11.3 Å². The highest BCUT2D eigenvalue weighted by Crippen LogP contribution is 2.28. The first kappa shape index (κ1) is 20.5. The van der Waals surface area contributed by atoms with Crippen molar-refractivity contribution in [2.24, 2.45) is 0 Å². The van der Waals surface area contributed by atoms with Crippen LogP contribution in [0.1, 0.15) is 17.4 Å². The molecule has 0 bridgehead atoms. The van der Waals surface area contributed by atoms with Gasteiger partial charge in [-0.05, 0) is 42.1 Å². The Labute approximate surface area is 163 Å². The van der Waals surface area contributed by atoms with Crippen LogP contribution in [0.3, 0.4) is 0 Å². The van der Waals surface area contributed by atoms with Crippen molar-refractivity contribution in [1.29, 1.82) is 0 Å². The summed E-state index contributed by atoms with van der Waals surface area (Å²) in [6, 6.07) is 9.27. The Morgan fingerprint density at radius 1 is 1.15 bits per heavy atom. The molecule has 6 nitrogen and oxygen atoms in total. The first-order chi connectivity index (χ1) is 13.1. The Morgan fingerprint density at radius 2 is 1.93 bits per heavy atom. The van der Waals surface area contributed by atoms with Crippen LogP contribution < -0.4 is 9.47 Å². The topological polar surface area (TPSA) is 65.1 Å². The first-order valence-corrected chi connectivity index (χ1v) is 9.32. The number of benzene rings is 1. The molecular formula is C20H23NO5S. The molecule has 0 N–H and O–H groups in total. The van der Waals surface area contributed by atoms with E-state index in [4.69, 9.17) is 14.2 Å². The summed E-state index contributed by atoms with van der Waals surface area (Å²) in [5, 5.41) is 1.92. The van der Waals surface area contributed by atoms with Crippen molar-refractivity contribution >= 4 is 29.3 Å². The number of esters is 1. The Balaban J connectivity index is 1.90. The molecule has 144 valence electrons. The fraction of sp³-hybridized carbons (Fsp3) is 0.300. The maximum Gasteiger partial charge on any atom is 0.331 e. The van der Waals surface area contributed by atoms with Crippen LogP contribution in [0.15, 0.2) is 41.8 Å². The summed E-state index contributed by atoms with van der Waals surface area (Å²) in [5.41, 5.74) is 0.895. The smallest absolute Gasteiger partial charge is 0.331 e. The van der Waals surface area contributed by atoms with Crippen molar-refractivity contribution in [3.63, 3.8) is 0 Å². The SMILES string of the molecule is CCN(Cc1ccc(OC)c(OC)c1)C(=O)COC(=O)/C=C/c1cccs1. The number of hydrogen-bond acceptors (Lipinski definition) is 6. The van der Waals surface area contributed by atoms with Gasteiger partial charge in [0.25, 0.3) is 5.91 Å². The normalized spacial score (nSPS) is 10.6. The third-order valence-corrected chi connectivity index (χ3v) is 4.66. The van der Waals surface area contributed by atoms with Crippen LogP contribution in [0.4, 0.5) is 0 Å². The number of hydrogen-bond donors (Lipinski definition) is 0. The Hall–Kier alpha value is -2.80. The van der Waals surface area contributed by atoms with Crippen molar-refractivity contribution in [3.05, 3.63) is 52.2 Å². The molecule has 1 aromatic carbocycles. The Kier molecular flexibility index (Phi) is 7.88. The molecule has 0 saturated carbocycles. The maximum absolute atomic E-state index is 12.4. The molecule has 2 aromatic rings. The molecule has 1 aromatic heterocycles. The van der Waals surface area contributed by atoms with Crippen molar-refractivity contribution in [2.75, 3.05) is 27.4 Å². The monoisotopic (exact) mass is 389 g/mol. The number of amides is 1. The number of ether oxygens (including phenoxy) is 3. The van der Waals surface area contributed by atoms with Crippen LogP contribution in [0.5, 0.6) is 11.5 Å². The summed E-state index contributed by atoms with van der Waals surface area (Å²) in [6.45, 7) is 2.46. The predicted octanol–water partition coefficient (Wildman–Crippen LogP) is 3.37. The van der Waals surface area contributed by atoms with Gasteiger partial charge in [0, 0.05) is 24.0 Å². The second kappa shape index (κ2) is 10.4. The molecule has 0 aliphatic heterocycles. The lowest BCUT2D eigenvalue weighted by Gasteiger charge is -2.21. The van der Waals surface area contributed by atoms with Gasteiger partial charge in [-0.25, -0.2) is 4.79 Å². The van der Waals surface area contributed by atoms with Gasteiger partial charge in [-0.2, -0.15) is 0 Å². The molecule has 1 heterocycles. The number of nitrogens with zero attached hydrogens (tertiary/aromatic N) is 1. The fourth-order valence-electron chi connectivity index (χ4n) is 2.38. The quantitative estimate of drug-likeness (QED) is 0.486. The van der Waals surface area contributed by atoms with Crippen molar-refractivity contribution in [2.45, 2.75) is 13.5 Å². The van der Waals surface area contributed by atoms with Gasteiger partial charge in [-0.3, -0.25) is 4.79 Å². The second-order valence-corrected chi connectivity index (χ2v) is 6.53. The summed E-state index contributed by atoms with van der Waals surface area (Å²) >= 11 is 1.52. The summed E-state index contributed by atoms with van der Waals surface area (Å²) in [4.78, 5) is 26.7. The van der Waals surface area contributed by atoms with E-state index in [0.29, 0.717) is 24.6 Å². The van der Waals surface area contributed by atoms with Crippen LogP contribution in [-0.4, -0.2) is 44.1 Å². The van der Waals surface area contributed by atoms with Gasteiger partial charge in [0.2, 0.25) is 0 Å². The van der Waals surface area contributed by atoms with E-state index >= 15 is 0 Å². The molecule has 2 rings (SSSR count). The van der Waals surface area contributed by atoms with E-state index in [9.17, 15) is 9.59 Å². The van der Waals surface area contributed by atoms with Gasteiger partial charge < -0.3 is 19.1 Å². The van der Waals surface area contributed by atoms with E-state index < -0.39 is 5.97 Å². The van der Waals surface area contributed by atoms with E-state index in [0.717, 1.165) is 10.4 Å². The fourth-order valence-corrected chi connectivity index (χ4v) is 3.00. The summed E-state index contributed by atoms with van der Waals surface area (Å²) in [6.07, 6.45) is 2.99. The molecule has 0 aliphatic rings. The van der Waals surface area contributed by atoms with Gasteiger partial charge >= 0.3 is 5.97 Å².